The third-order valence-electron chi connectivity index (χ3n) is 2.76. The van der Waals surface area contributed by atoms with Crippen molar-refractivity contribution in [3.8, 4) is 0 Å². The fraction of sp³-hybridized carbons (Fsp3) is 0.818. The van der Waals surface area contributed by atoms with E-state index in [0.717, 1.165) is 19.5 Å². The van der Waals surface area contributed by atoms with Crippen molar-refractivity contribution in [3.63, 3.8) is 0 Å². The lowest BCUT2D eigenvalue weighted by molar-refractivity contribution is -0.121. The first kappa shape index (κ1) is 13.8. The van der Waals surface area contributed by atoms with Crippen LogP contribution in [-0.4, -0.2) is 68.1 Å². The zero-order valence-corrected chi connectivity index (χ0v) is 10.7. The molecule has 1 aliphatic heterocycles. The van der Waals surface area contributed by atoms with Gasteiger partial charge in [0.15, 0.2) is 0 Å². The molecule has 98 valence electrons. The Balaban J connectivity index is 2.55. The van der Waals surface area contributed by atoms with Crippen molar-refractivity contribution >= 4 is 11.9 Å². The molecule has 3 amide bonds. The minimum atomic E-state index is -0.123. The van der Waals surface area contributed by atoms with E-state index in [1.807, 2.05) is 6.92 Å². The number of hydrogen-bond donors (Lipinski definition) is 2. The van der Waals surface area contributed by atoms with Crippen LogP contribution in [0.3, 0.4) is 0 Å². The van der Waals surface area contributed by atoms with E-state index in [-0.39, 0.29) is 18.5 Å². The number of amides is 3. The molecular weight excluding hydrogens is 220 g/mol. The maximum atomic E-state index is 12.2. The van der Waals surface area contributed by atoms with E-state index in [0.29, 0.717) is 19.6 Å². The second kappa shape index (κ2) is 7.11. The van der Waals surface area contributed by atoms with E-state index >= 15 is 0 Å². The number of rotatable bonds is 4. The first-order valence-corrected chi connectivity index (χ1v) is 6.14. The third kappa shape index (κ3) is 4.22. The average molecular weight is 242 g/mol. The summed E-state index contributed by atoms with van der Waals surface area (Å²) in [6.07, 6.45) is 0.856. The quantitative estimate of drug-likeness (QED) is 0.696. The highest BCUT2D eigenvalue weighted by molar-refractivity contribution is 5.83. The fourth-order valence-corrected chi connectivity index (χ4v) is 1.82. The number of piperazine rings is 1. The van der Waals surface area contributed by atoms with Crippen molar-refractivity contribution in [2.75, 3.05) is 46.3 Å². The number of hydrogen-bond acceptors (Lipinski definition) is 3. The summed E-state index contributed by atoms with van der Waals surface area (Å²) in [5.74, 6) is -0.123. The molecule has 0 spiro atoms. The SMILES string of the molecule is CCCN(CC(=O)NC)C(=O)N1CCNCC1. The van der Waals surface area contributed by atoms with Gasteiger partial charge in [-0.3, -0.25) is 4.79 Å². The van der Waals surface area contributed by atoms with Gasteiger partial charge in [-0.15, -0.1) is 0 Å². The third-order valence-corrected chi connectivity index (χ3v) is 2.76. The molecule has 1 rings (SSSR count). The van der Waals surface area contributed by atoms with Crippen LogP contribution in [0.25, 0.3) is 0 Å². The number of nitrogens with one attached hydrogen (secondary N) is 2. The molecule has 0 saturated carbocycles. The summed E-state index contributed by atoms with van der Waals surface area (Å²) in [6, 6.07) is -0.0306. The molecule has 0 bridgehead atoms. The molecule has 0 aliphatic carbocycles. The van der Waals surface area contributed by atoms with Crippen molar-refractivity contribution in [1.29, 1.82) is 0 Å². The summed E-state index contributed by atoms with van der Waals surface area (Å²) in [5.41, 5.74) is 0. The van der Waals surface area contributed by atoms with E-state index in [4.69, 9.17) is 0 Å². The van der Waals surface area contributed by atoms with Gasteiger partial charge in [-0.2, -0.15) is 0 Å². The Bertz CT molecular complexity index is 264. The molecule has 0 aromatic rings. The number of urea groups is 1. The minimum Gasteiger partial charge on any atom is -0.358 e. The van der Waals surface area contributed by atoms with Crippen LogP contribution in [0, 0.1) is 0 Å². The lowest BCUT2D eigenvalue weighted by Crippen LogP contribution is -2.53. The van der Waals surface area contributed by atoms with Crippen LogP contribution < -0.4 is 10.6 Å². The lowest BCUT2D eigenvalue weighted by Gasteiger charge is -2.32. The molecule has 0 unspecified atom stereocenters. The van der Waals surface area contributed by atoms with Crippen LogP contribution >= 0.6 is 0 Å². The predicted octanol–water partition coefficient (Wildman–Crippen LogP) is -0.530. The van der Waals surface area contributed by atoms with Crippen molar-refractivity contribution in [2.24, 2.45) is 0 Å². The summed E-state index contributed by atoms with van der Waals surface area (Å²) in [6.45, 7) is 5.85. The normalized spacial score (nSPS) is 15.5. The monoisotopic (exact) mass is 242 g/mol. The maximum absolute atomic E-state index is 12.2. The Labute approximate surface area is 102 Å². The zero-order chi connectivity index (χ0) is 12.7. The number of carbonyl (C=O) groups is 2. The van der Waals surface area contributed by atoms with Crippen molar-refractivity contribution in [1.82, 2.24) is 20.4 Å². The molecular formula is C11H22N4O2. The number of carbonyl (C=O) groups excluding carboxylic acids is 2. The van der Waals surface area contributed by atoms with Crippen LogP contribution in [0.4, 0.5) is 4.79 Å². The lowest BCUT2D eigenvalue weighted by atomic mass is 10.3. The summed E-state index contributed by atoms with van der Waals surface area (Å²) in [4.78, 5) is 26.9. The molecule has 2 N–H and O–H groups in total. The predicted molar refractivity (Wildman–Crippen MR) is 65.8 cm³/mol. The molecule has 6 heteroatoms. The van der Waals surface area contributed by atoms with Crippen LogP contribution in [0.5, 0.6) is 0 Å². The van der Waals surface area contributed by atoms with Crippen LogP contribution in [-0.2, 0) is 4.79 Å². The number of likely N-dealkylation sites (N-methyl/N-ethyl adjacent to an activating group) is 1. The molecule has 1 fully saturated rings. The molecule has 17 heavy (non-hydrogen) atoms. The highest BCUT2D eigenvalue weighted by atomic mass is 16.2. The summed E-state index contributed by atoms with van der Waals surface area (Å²) < 4.78 is 0. The Morgan fingerprint density at radius 3 is 2.53 bits per heavy atom. The highest BCUT2D eigenvalue weighted by Crippen LogP contribution is 2.02. The van der Waals surface area contributed by atoms with Gasteiger partial charge in [0, 0.05) is 39.8 Å². The second-order valence-corrected chi connectivity index (χ2v) is 4.11. The van der Waals surface area contributed by atoms with E-state index in [1.165, 1.54) is 0 Å². The summed E-state index contributed by atoms with van der Waals surface area (Å²) >= 11 is 0. The topological polar surface area (TPSA) is 64.7 Å². The highest BCUT2D eigenvalue weighted by Gasteiger charge is 2.23. The average Bonchev–Trinajstić information content (AvgIpc) is 2.38. The Kier molecular flexibility index (Phi) is 5.76. The summed E-state index contributed by atoms with van der Waals surface area (Å²) in [5, 5.41) is 5.75. The van der Waals surface area contributed by atoms with E-state index in [1.54, 1.807) is 16.8 Å². The smallest absolute Gasteiger partial charge is 0.320 e. The number of nitrogens with zero attached hydrogens (tertiary/aromatic N) is 2. The molecule has 1 aliphatic rings. The Hall–Kier alpha value is -1.30. The van der Waals surface area contributed by atoms with Gasteiger partial charge in [0.1, 0.15) is 6.54 Å². The summed E-state index contributed by atoms with van der Waals surface area (Å²) in [7, 11) is 1.59. The van der Waals surface area contributed by atoms with Crippen LogP contribution in [0.2, 0.25) is 0 Å². The van der Waals surface area contributed by atoms with Gasteiger partial charge < -0.3 is 20.4 Å². The molecule has 0 aromatic heterocycles. The molecule has 0 radical (unpaired) electrons. The zero-order valence-electron chi connectivity index (χ0n) is 10.7. The Morgan fingerprint density at radius 1 is 1.35 bits per heavy atom. The van der Waals surface area contributed by atoms with E-state index in [2.05, 4.69) is 10.6 Å². The van der Waals surface area contributed by atoms with E-state index in [9.17, 15) is 9.59 Å². The van der Waals surface area contributed by atoms with Crippen LogP contribution in [0.15, 0.2) is 0 Å². The molecule has 6 nitrogen and oxygen atoms in total. The van der Waals surface area contributed by atoms with E-state index < -0.39 is 0 Å². The van der Waals surface area contributed by atoms with Gasteiger partial charge in [0.05, 0.1) is 0 Å². The molecule has 1 saturated heterocycles. The Morgan fingerprint density at radius 2 is 2.00 bits per heavy atom. The van der Waals surface area contributed by atoms with Gasteiger partial charge in [-0.1, -0.05) is 6.92 Å². The molecule has 0 atom stereocenters. The van der Waals surface area contributed by atoms with Crippen LogP contribution in [0.1, 0.15) is 13.3 Å². The van der Waals surface area contributed by atoms with Crippen molar-refractivity contribution in [3.05, 3.63) is 0 Å². The van der Waals surface area contributed by atoms with Gasteiger partial charge in [0.2, 0.25) is 5.91 Å². The van der Waals surface area contributed by atoms with Crippen molar-refractivity contribution in [2.45, 2.75) is 13.3 Å². The van der Waals surface area contributed by atoms with Gasteiger partial charge in [-0.25, -0.2) is 4.79 Å². The first-order valence-electron chi connectivity index (χ1n) is 6.14. The first-order chi connectivity index (χ1) is 8.19. The fourth-order valence-electron chi connectivity index (χ4n) is 1.82. The largest absolute Gasteiger partial charge is 0.358 e. The van der Waals surface area contributed by atoms with Gasteiger partial charge >= 0.3 is 6.03 Å². The van der Waals surface area contributed by atoms with Crippen molar-refractivity contribution < 1.29 is 9.59 Å². The second-order valence-electron chi connectivity index (χ2n) is 4.11. The molecule has 0 aromatic carbocycles. The standard InChI is InChI=1S/C11H22N4O2/c1-3-6-15(9-10(16)12-2)11(17)14-7-4-13-5-8-14/h13H,3-9H2,1-2H3,(H,12,16). The van der Waals surface area contributed by atoms with Gasteiger partial charge in [-0.05, 0) is 6.42 Å². The minimum absolute atomic E-state index is 0.0306. The maximum Gasteiger partial charge on any atom is 0.320 e. The molecule has 1 heterocycles. The van der Waals surface area contributed by atoms with Gasteiger partial charge in [0.25, 0.3) is 0 Å².